The Kier molecular flexibility index (Phi) is 6.77. The maximum atomic E-state index is 13.3. The summed E-state index contributed by atoms with van der Waals surface area (Å²) in [5, 5.41) is 14.1. The number of ether oxygens (including phenoxy) is 1. The lowest BCUT2D eigenvalue weighted by atomic mass is 9.90. The Morgan fingerprint density at radius 2 is 1.84 bits per heavy atom. The van der Waals surface area contributed by atoms with Crippen molar-refractivity contribution in [2.75, 3.05) is 18.4 Å². The van der Waals surface area contributed by atoms with Crippen LogP contribution in [-0.2, 0) is 11.2 Å². The molecule has 166 valence electrons. The van der Waals surface area contributed by atoms with Crippen molar-refractivity contribution in [3.8, 4) is 0 Å². The molecule has 1 N–H and O–H groups in total. The van der Waals surface area contributed by atoms with E-state index in [0.29, 0.717) is 24.7 Å². The smallest absolute Gasteiger partial charge is 0.410 e. The van der Waals surface area contributed by atoms with E-state index in [-0.39, 0.29) is 17.5 Å². The molecule has 7 nitrogen and oxygen atoms in total. The van der Waals surface area contributed by atoms with Crippen LogP contribution in [0.4, 0.5) is 26.2 Å². The normalized spacial score (nSPS) is 14.9. The molecule has 3 rings (SSSR count). The highest BCUT2D eigenvalue weighted by atomic mass is 19.1. The molecule has 0 aromatic heterocycles. The standard InChI is InChI=1S/C23H28FN3O4/c1-23(2,3)31-22(28)26-12-10-17(11-13-26)14-16-4-7-19(8-5-16)25-20-9-6-18(24)15-21(20)27(29)30/h4-9,15,17,25H,10-14H2,1-3H3. The van der Waals surface area contributed by atoms with Gasteiger partial charge in [0.15, 0.2) is 0 Å². The number of nitrogens with zero attached hydrogens (tertiary/aromatic N) is 2. The van der Waals surface area contributed by atoms with Gasteiger partial charge in [-0.25, -0.2) is 9.18 Å². The van der Waals surface area contributed by atoms with E-state index in [2.05, 4.69) is 5.32 Å². The van der Waals surface area contributed by atoms with Gasteiger partial charge in [0.25, 0.3) is 5.69 Å². The van der Waals surface area contributed by atoms with E-state index in [9.17, 15) is 19.3 Å². The van der Waals surface area contributed by atoms with Gasteiger partial charge in [-0.2, -0.15) is 0 Å². The van der Waals surface area contributed by atoms with E-state index in [0.717, 1.165) is 30.9 Å². The highest BCUT2D eigenvalue weighted by Gasteiger charge is 2.26. The first-order valence-electron chi connectivity index (χ1n) is 10.4. The summed E-state index contributed by atoms with van der Waals surface area (Å²) in [6.07, 6.45) is 2.48. The van der Waals surface area contributed by atoms with E-state index in [4.69, 9.17) is 4.74 Å². The summed E-state index contributed by atoms with van der Waals surface area (Å²) < 4.78 is 18.7. The first-order chi connectivity index (χ1) is 14.6. The third kappa shape index (κ3) is 6.41. The van der Waals surface area contributed by atoms with Gasteiger partial charge >= 0.3 is 6.09 Å². The van der Waals surface area contributed by atoms with Crippen molar-refractivity contribution in [1.29, 1.82) is 0 Å². The van der Waals surface area contributed by atoms with Crippen molar-refractivity contribution in [3.05, 3.63) is 64.0 Å². The Morgan fingerprint density at radius 3 is 2.42 bits per heavy atom. The number of halogens is 1. The number of nitro benzene ring substituents is 1. The fourth-order valence-electron chi connectivity index (χ4n) is 3.62. The Balaban J connectivity index is 1.54. The zero-order valence-corrected chi connectivity index (χ0v) is 18.1. The van der Waals surface area contributed by atoms with Gasteiger partial charge < -0.3 is 15.0 Å². The number of rotatable bonds is 5. The molecule has 0 atom stereocenters. The second kappa shape index (κ2) is 9.32. The van der Waals surface area contributed by atoms with E-state index < -0.39 is 16.3 Å². The zero-order valence-electron chi connectivity index (χ0n) is 18.1. The zero-order chi connectivity index (χ0) is 22.6. The van der Waals surface area contributed by atoms with E-state index in [1.54, 1.807) is 4.90 Å². The third-order valence-corrected chi connectivity index (χ3v) is 5.18. The minimum absolute atomic E-state index is 0.244. The van der Waals surface area contributed by atoms with Crippen LogP contribution < -0.4 is 5.32 Å². The molecule has 1 amide bonds. The molecule has 0 radical (unpaired) electrons. The fourth-order valence-corrected chi connectivity index (χ4v) is 3.62. The molecule has 0 aliphatic carbocycles. The van der Waals surface area contributed by atoms with Gasteiger partial charge in [0, 0.05) is 18.8 Å². The molecule has 2 aromatic rings. The largest absolute Gasteiger partial charge is 0.444 e. The van der Waals surface area contributed by atoms with Crippen LogP contribution in [0.15, 0.2) is 42.5 Å². The monoisotopic (exact) mass is 429 g/mol. The maximum Gasteiger partial charge on any atom is 0.410 e. The van der Waals surface area contributed by atoms with Crippen LogP contribution in [0, 0.1) is 21.8 Å². The number of piperidine rings is 1. The quantitative estimate of drug-likeness (QED) is 0.489. The molecule has 0 spiro atoms. The van der Waals surface area contributed by atoms with E-state index >= 15 is 0 Å². The predicted octanol–water partition coefficient (Wildman–Crippen LogP) is 5.67. The van der Waals surface area contributed by atoms with E-state index in [1.165, 1.54) is 12.1 Å². The van der Waals surface area contributed by atoms with Crippen LogP contribution in [-0.4, -0.2) is 34.6 Å². The fraction of sp³-hybridized carbons (Fsp3) is 0.435. The lowest BCUT2D eigenvalue weighted by Gasteiger charge is -2.33. The Bertz CT molecular complexity index is 933. The molecule has 0 bridgehead atoms. The lowest BCUT2D eigenvalue weighted by Crippen LogP contribution is -2.42. The number of nitrogens with one attached hydrogen (secondary N) is 1. The SMILES string of the molecule is CC(C)(C)OC(=O)N1CCC(Cc2ccc(Nc3ccc(F)cc3[N+](=O)[O-])cc2)CC1. The van der Waals surface area contributed by atoms with Crippen LogP contribution in [0.3, 0.4) is 0 Å². The molecule has 8 heteroatoms. The van der Waals surface area contributed by atoms with Crippen molar-refractivity contribution < 1.29 is 18.8 Å². The second-order valence-corrected chi connectivity index (χ2v) is 8.86. The summed E-state index contributed by atoms with van der Waals surface area (Å²) in [6, 6.07) is 11.1. The molecule has 2 aromatic carbocycles. The van der Waals surface area contributed by atoms with Gasteiger partial charge in [0.2, 0.25) is 0 Å². The minimum atomic E-state index is -0.648. The van der Waals surface area contributed by atoms with Crippen molar-refractivity contribution in [1.82, 2.24) is 4.90 Å². The molecule has 1 aliphatic rings. The van der Waals surface area contributed by atoms with Crippen molar-refractivity contribution >= 4 is 23.2 Å². The van der Waals surface area contributed by atoms with Crippen molar-refractivity contribution in [2.24, 2.45) is 5.92 Å². The molecule has 0 unspecified atom stereocenters. The first-order valence-corrected chi connectivity index (χ1v) is 10.4. The van der Waals surface area contributed by atoms with Gasteiger partial charge in [-0.3, -0.25) is 10.1 Å². The van der Waals surface area contributed by atoms with Crippen LogP contribution in [0.25, 0.3) is 0 Å². The number of amides is 1. The summed E-state index contributed by atoms with van der Waals surface area (Å²) in [5.41, 5.74) is 1.31. The number of hydrogen-bond acceptors (Lipinski definition) is 5. The Hall–Kier alpha value is -3.16. The maximum absolute atomic E-state index is 13.3. The number of nitro groups is 1. The molecular weight excluding hydrogens is 401 g/mol. The molecule has 1 fully saturated rings. The van der Waals surface area contributed by atoms with Gasteiger partial charge in [0.1, 0.15) is 17.1 Å². The Morgan fingerprint density at radius 1 is 1.19 bits per heavy atom. The number of benzene rings is 2. The summed E-state index contributed by atoms with van der Waals surface area (Å²) in [4.78, 5) is 24.5. The average Bonchev–Trinajstić information content (AvgIpc) is 2.70. The summed E-state index contributed by atoms with van der Waals surface area (Å²) in [6.45, 7) is 6.97. The van der Waals surface area contributed by atoms with Gasteiger partial charge in [-0.1, -0.05) is 12.1 Å². The van der Waals surface area contributed by atoms with Gasteiger partial charge in [-0.15, -0.1) is 0 Å². The van der Waals surface area contributed by atoms with Gasteiger partial charge in [0.05, 0.1) is 11.0 Å². The number of hydrogen-bond donors (Lipinski definition) is 1. The highest BCUT2D eigenvalue weighted by molar-refractivity contribution is 5.69. The van der Waals surface area contributed by atoms with E-state index in [1.807, 2.05) is 45.0 Å². The number of anilines is 2. The molecule has 1 saturated heterocycles. The number of likely N-dealkylation sites (tertiary alicyclic amines) is 1. The molecule has 1 heterocycles. The van der Waals surface area contributed by atoms with Crippen LogP contribution >= 0.6 is 0 Å². The summed E-state index contributed by atoms with van der Waals surface area (Å²) >= 11 is 0. The molecule has 1 aliphatic heterocycles. The lowest BCUT2D eigenvalue weighted by molar-refractivity contribution is -0.384. The number of carbonyl (C=O) groups is 1. The highest BCUT2D eigenvalue weighted by Crippen LogP contribution is 2.29. The average molecular weight is 429 g/mol. The van der Waals surface area contributed by atoms with Crippen molar-refractivity contribution in [3.63, 3.8) is 0 Å². The van der Waals surface area contributed by atoms with Crippen molar-refractivity contribution in [2.45, 2.75) is 45.6 Å². The number of carbonyl (C=O) groups excluding carboxylic acids is 1. The van der Waals surface area contributed by atoms with Crippen LogP contribution in [0.2, 0.25) is 0 Å². The van der Waals surface area contributed by atoms with Gasteiger partial charge in [-0.05, 0) is 75.8 Å². The first kappa shape index (κ1) is 22.5. The second-order valence-electron chi connectivity index (χ2n) is 8.86. The molecule has 31 heavy (non-hydrogen) atoms. The summed E-state index contributed by atoms with van der Waals surface area (Å²) in [5.74, 6) is -0.166. The van der Waals surface area contributed by atoms with Crippen LogP contribution in [0.5, 0.6) is 0 Å². The minimum Gasteiger partial charge on any atom is -0.444 e. The topological polar surface area (TPSA) is 84.7 Å². The molecule has 0 saturated carbocycles. The predicted molar refractivity (Wildman–Crippen MR) is 117 cm³/mol. The van der Waals surface area contributed by atoms with Crippen LogP contribution in [0.1, 0.15) is 39.2 Å². The summed E-state index contributed by atoms with van der Waals surface area (Å²) in [7, 11) is 0. The third-order valence-electron chi connectivity index (χ3n) is 5.18. The Labute approximate surface area is 181 Å². The molecular formula is C23H28FN3O4.